The van der Waals surface area contributed by atoms with Gasteiger partial charge in [0, 0.05) is 7.05 Å². The minimum absolute atomic E-state index is 0.0573. The predicted molar refractivity (Wildman–Crippen MR) is 50.8 cm³/mol. The third-order valence-corrected chi connectivity index (χ3v) is 3.98. The van der Waals surface area contributed by atoms with E-state index in [9.17, 15) is 13.2 Å². The van der Waals surface area contributed by atoms with Crippen molar-refractivity contribution in [3.63, 3.8) is 0 Å². The van der Waals surface area contributed by atoms with Crippen molar-refractivity contribution in [2.24, 2.45) is 0 Å². The molecule has 0 aliphatic rings. The second-order valence-corrected chi connectivity index (χ2v) is 4.99. The van der Waals surface area contributed by atoms with E-state index in [0.717, 1.165) is 10.6 Å². The molecule has 0 radical (unpaired) electrons. The van der Waals surface area contributed by atoms with Gasteiger partial charge in [-0.3, -0.25) is 4.79 Å². The summed E-state index contributed by atoms with van der Waals surface area (Å²) in [4.78, 5) is 10.6. The van der Waals surface area contributed by atoms with Crippen LogP contribution in [0.3, 0.4) is 0 Å². The van der Waals surface area contributed by atoms with Crippen LogP contribution in [0.1, 0.15) is 6.92 Å². The van der Waals surface area contributed by atoms with Gasteiger partial charge in [0.2, 0.25) is 10.0 Å². The number of likely N-dealkylation sites (N-methyl/N-ethyl adjacent to an activating group) is 1. The normalized spacial score (nSPS) is 14.1. The Morgan fingerprint density at radius 2 is 2.20 bits per heavy atom. The number of nitrogens with zero attached hydrogens (tertiary/aromatic N) is 1. The number of hydrogen-bond donors (Lipinski definition) is 1. The molecule has 15 heavy (non-hydrogen) atoms. The Balaban J connectivity index is 3.03. The maximum Gasteiger partial charge on any atom is 0.321 e. The van der Waals surface area contributed by atoms with Crippen LogP contribution in [0.25, 0.3) is 0 Å². The molecule has 1 heterocycles. The molecule has 0 aliphatic heterocycles. The standard InChI is InChI=1S/C8H11NO5S/c1-6(8(10)11)9(2)15(12,13)7-3-4-14-5-7/h3-6H,1-2H3,(H,10,11). The van der Waals surface area contributed by atoms with Crippen LogP contribution in [0.2, 0.25) is 0 Å². The van der Waals surface area contributed by atoms with Gasteiger partial charge >= 0.3 is 5.97 Å². The number of sulfonamides is 1. The van der Waals surface area contributed by atoms with Crippen LogP contribution < -0.4 is 0 Å². The van der Waals surface area contributed by atoms with E-state index in [1.54, 1.807) is 0 Å². The first kappa shape index (κ1) is 11.7. The molecule has 1 N–H and O–H groups in total. The molecule has 7 heteroatoms. The van der Waals surface area contributed by atoms with E-state index in [1.807, 2.05) is 0 Å². The average Bonchev–Trinajstić information content (AvgIpc) is 2.68. The highest BCUT2D eigenvalue weighted by Crippen LogP contribution is 2.16. The summed E-state index contributed by atoms with van der Waals surface area (Å²) in [6.45, 7) is 1.29. The van der Waals surface area contributed by atoms with Crippen molar-refractivity contribution in [3.8, 4) is 0 Å². The topological polar surface area (TPSA) is 87.8 Å². The molecule has 0 aromatic carbocycles. The van der Waals surface area contributed by atoms with E-state index in [-0.39, 0.29) is 4.90 Å². The number of carboxylic acids is 1. The first-order chi connectivity index (χ1) is 6.87. The van der Waals surface area contributed by atoms with Gasteiger partial charge in [0.05, 0.1) is 6.26 Å². The highest BCUT2D eigenvalue weighted by Gasteiger charge is 2.29. The molecule has 0 bridgehead atoms. The maximum absolute atomic E-state index is 11.7. The van der Waals surface area contributed by atoms with Crippen molar-refractivity contribution >= 4 is 16.0 Å². The zero-order valence-electron chi connectivity index (χ0n) is 8.25. The van der Waals surface area contributed by atoms with E-state index in [1.165, 1.54) is 26.3 Å². The Kier molecular flexibility index (Phi) is 3.15. The molecule has 84 valence electrons. The van der Waals surface area contributed by atoms with Gasteiger partial charge in [-0.2, -0.15) is 4.31 Å². The summed E-state index contributed by atoms with van der Waals surface area (Å²) in [5, 5.41) is 8.68. The largest absolute Gasteiger partial charge is 0.480 e. The Morgan fingerprint density at radius 1 is 1.60 bits per heavy atom. The average molecular weight is 233 g/mol. The summed E-state index contributed by atoms with van der Waals surface area (Å²) in [5.74, 6) is -1.20. The monoisotopic (exact) mass is 233 g/mol. The van der Waals surface area contributed by atoms with Crippen LogP contribution in [0.5, 0.6) is 0 Å². The van der Waals surface area contributed by atoms with E-state index < -0.39 is 22.0 Å². The number of hydrogen-bond acceptors (Lipinski definition) is 4. The molecule has 0 fully saturated rings. The van der Waals surface area contributed by atoms with Gasteiger partial charge in [0.15, 0.2) is 0 Å². The summed E-state index contributed by atoms with van der Waals surface area (Å²) < 4.78 is 28.9. The van der Waals surface area contributed by atoms with Gasteiger partial charge in [-0.1, -0.05) is 0 Å². The third-order valence-electron chi connectivity index (χ3n) is 2.07. The van der Waals surface area contributed by atoms with Crippen LogP contribution in [0.4, 0.5) is 0 Å². The van der Waals surface area contributed by atoms with Gasteiger partial charge < -0.3 is 9.52 Å². The van der Waals surface area contributed by atoms with Crippen molar-refractivity contribution < 1.29 is 22.7 Å². The zero-order chi connectivity index (χ0) is 11.6. The van der Waals surface area contributed by atoms with Crippen molar-refractivity contribution in [1.29, 1.82) is 0 Å². The highest BCUT2D eigenvalue weighted by molar-refractivity contribution is 7.89. The fourth-order valence-corrected chi connectivity index (χ4v) is 2.17. The lowest BCUT2D eigenvalue weighted by Gasteiger charge is -2.19. The van der Waals surface area contributed by atoms with Crippen LogP contribution in [-0.2, 0) is 14.8 Å². The molecule has 1 rings (SSSR count). The molecule has 0 aliphatic carbocycles. The minimum atomic E-state index is -3.78. The van der Waals surface area contributed by atoms with Crippen molar-refractivity contribution in [2.45, 2.75) is 17.9 Å². The van der Waals surface area contributed by atoms with Gasteiger partial charge in [-0.25, -0.2) is 8.42 Å². The van der Waals surface area contributed by atoms with Gasteiger partial charge in [0.25, 0.3) is 0 Å². The molecule has 1 unspecified atom stereocenters. The molecule has 6 nitrogen and oxygen atoms in total. The quantitative estimate of drug-likeness (QED) is 0.811. The lowest BCUT2D eigenvalue weighted by Crippen LogP contribution is -2.40. The molecule has 1 aromatic heterocycles. The number of carbonyl (C=O) groups is 1. The Labute approximate surface area is 87.2 Å². The molecular weight excluding hydrogens is 222 g/mol. The fourth-order valence-electron chi connectivity index (χ4n) is 0.929. The number of aliphatic carboxylic acids is 1. The summed E-state index contributed by atoms with van der Waals surface area (Å²) in [6.07, 6.45) is 2.27. The molecular formula is C8H11NO5S. The first-order valence-electron chi connectivity index (χ1n) is 4.10. The summed E-state index contributed by atoms with van der Waals surface area (Å²) >= 11 is 0. The number of rotatable bonds is 4. The lowest BCUT2D eigenvalue weighted by atomic mass is 10.4. The molecule has 0 amide bonds. The zero-order valence-corrected chi connectivity index (χ0v) is 9.06. The van der Waals surface area contributed by atoms with E-state index in [4.69, 9.17) is 5.11 Å². The molecule has 0 spiro atoms. The number of carboxylic acid groups (broad SMARTS) is 1. The predicted octanol–water partition coefficient (Wildman–Crippen LogP) is 0.373. The fraction of sp³-hybridized carbons (Fsp3) is 0.375. The van der Waals surface area contributed by atoms with Crippen molar-refractivity contribution in [3.05, 3.63) is 18.6 Å². The minimum Gasteiger partial charge on any atom is -0.480 e. The van der Waals surface area contributed by atoms with E-state index in [0.29, 0.717) is 0 Å². The smallest absolute Gasteiger partial charge is 0.321 e. The lowest BCUT2D eigenvalue weighted by molar-refractivity contribution is -0.140. The van der Waals surface area contributed by atoms with Gasteiger partial charge in [-0.05, 0) is 13.0 Å². The van der Waals surface area contributed by atoms with Gasteiger partial charge in [0.1, 0.15) is 17.2 Å². The molecule has 0 saturated heterocycles. The third kappa shape index (κ3) is 2.18. The second-order valence-electron chi connectivity index (χ2n) is 2.99. The van der Waals surface area contributed by atoms with Crippen molar-refractivity contribution in [1.82, 2.24) is 4.31 Å². The van der Waals surface area contributed by atoms with E-state index in [2.05, 4.69) is 4.42 Å². The Hall–Kier alpha value is -1.34. The maximum atomic E-state index is 11.7. The van der Waals surface area contributed by atoms with Crippen LogP contribution in [0, 0.1) is 0 Å². The van der Waals surface area contributed by atoms with Crippen LogP contribution in [-0.4, -0.2) is 36.9 Å². The van der Waals surface area contributed by atoms with Crippen molar-refractivity contribution in [2.75, 3.05) is 7.05 Å². The Bertz CT molecular complexity index is 436. The summed E-state index contributed by atoms with van der Waals surface area (Å²) in [6, 6.07) is 0.144. The van der Waals surface area contributed by atoms with Gasteiger partial charge in [-0.15, -0.1) is 0 Å². The number of furan rings is 1. The molecule has 1 atom stereocenters. The van der Waals surface area contributed by atoms with Crippen LogP contribution >= 0.6 is 0 Å². The SMILES string of the molecule is CC(C(=O)O)N(C)S(=O)(=O)c1ccoc1. The van der Waals surface area contributed by atoms with Crippen LogP contribution in [0.15, 0.2) is 27.9 Å². The second kappa shape index (κ2) is 4.03. The summed E-state index contributed by atoms with van der Waals surface area (Å²) in [7, 11) is -2.57. The molecule has 0 saturated carbocycles. The molecule has 1 aromatic rings. The first-order valence-corrected chi connectivity index (χ1v) is 5.54. The summed E-state index contributed by atoms with van der Waals surface area (Å²) in [5.41, 5.74) is 0. The Morgan fingerprint density at radius 3 is 2.60 bits per heavy atom. The van der Waals surface area contributed by atoms with E-state index >= 15 is 0 Å². The highest BCUT2D eigenvalue weighted by atomic mass is 32.2.